The molecule has 4 aromatic heterocycles. The van der Waals surface area contributed by atoms with E-state index in [1.54, 1.807) is 12.4 Å². The molecule has 3 N–H and O–H groups in total. The van der Waals surface area contributed by atoms with Crippen LogP contribution in [0.15, 0.2) is 79.9 Å². The second kappa shape index (κ2) is 10.5. The molecule has 5 rings (SSSR count). The normalized spacial score (nSPS) is 12.7. The summed E-state index contributed by atoms with van der Waals surface area (Å²) in [6, 6.07) is 14.0. The minimum absolute atomic E-state index is 0.145. The van der Waals surface area contributed by atoms with E-state index in [0.717, 1.165) is 61.8 Å². The second-order valence-corrected chi connectivity index (χ2v) is 10.8. The van der Waals surface area contributed by atoms with E-state index in [1.165, 1.54) is 0 Å². The van der Waals surface area contributed by atoms with E-state index in [4.69, 9.17) is 4.98 Å². The highest BCUT2D eigenvalue weighted by molar-refractivity contribution is 5.93. The fourth-order valence-corrected chi connectivity index (χ4v) is 4.61. The van der Waals surface area contributed by atoms with Gasteiger partial charge in [0.05, 0.1) is 34.0 Å². The Bertz CT molecular complexity index is 1780. The van der Waals surface area contributed by atoms with Gasteiger partial charge < -0.3 is 10.3 Å². The van der Waals surface area contributed by atoms with Crippen LogP contribution in [-0.4, -0.2) is 30.1 Å². The first-order chi connectivity index (χ1) is 18.7. The average Bonchev–Trinajstić information content (AvgIpc) is 3.51. The van der Waals surface area contributed by atoms with Crippen LogP contribution >= 0.6 is 0 Å². The van der Waals surface area contributed by atoms with Crippen LogP contribution in [0, 0.1) is 5.41 Å². The molecule has 0 saturated heterocycles. The maximum atomic E-state index is 4.95. The third kappa shape index (κ3) is 5.72. The number of H-pyrrole nitrogens is 2. The van der Waals surface area contributed by atoms with Crippen LogP contribution in [0.5, 0.6) is 0 Å². The molecule has 0 aliphatic heterocycles. The summed E-state index contributed by atoms with van der Waals surface area (Å²) in [4.78, 5) is 17.3. The SMILES string of the molecule is C=C(CC(C)(C)C)Nc1cncc(C(=C)/C=c2/c(-c3nc4c(-c5ccccn5)cccc4[nH]3)n[nH]/c2=C/C)c1. The molecule has 0 bridgehead atoms. The van der Waals surface area contributed by atoms with Gasteiger partial charge >= 0.3 is 0 Å². The number of aromatic amines is 2. The predicted octanol–water partition coefficient (Wildman–Crippen LogP) is 6.07. The lowest BCUT2D eigenvalue weighted by molar-refractivity contribution is 0.411. The van der Waals surface area contributed by atoms with Gasteiger partial charge in [-0.1, -0.05) is 58.2 Å². The van der Waals surface area contributed by atoms with Gasteiger partial charge in [0.1, 0.15) is 5.69 Å². The average molecular weight is 516 g/mol. The third-order valence-corrected chi connectivity index (χ3v) is 6.29. The maximum Gasteiger partial charge on any atom is 0.159 e. The van der Waals surface area contributed by atoms with Gasteiger partial charge in [0.25, 0.3) is 0 Å². The van der Waals surface area contributed by atoms with Gasteiger partial charge in [-0.3, -0.25) is 15.1 Å². The Hall–Kier alpha value is -4.78. The smallest absolute Gasteiger partial charge is 0.159 e. The van der Waals surface area contributed by atoms with E-state index in [0.29, 0.717) is 11.5 Å². The highest BCUT2D eigenvalue weighted by Gasteiger charge is 2.15. The van der Waals surface area contributed by atoms with Crippen molar-refractivity contribution < 1.29 is 0 Å². The summed E-state index contributed by atoms with van der Waals surface area (Å²) in [6.07, 6.45) is 10.3. The lowest BCUT2D eigenvalue weighted by Gasteiger charge is -2.20. The molecule has 1 aromatic carbocycles. The molecular weight excluding hydrogens is 482 g/mol. The first-order valence-corrected chi connectivity index (χ1v) is 12.9. The number of imidazole rings is 1. The number of rotatable bonds is 7. The zero-order valence-corrected chi connectivity index (χ0v) is 22.8. The van der Waals surface area contributed by atoms with E-state index in [9.17, 15) is 0 Å². The van der Waals surface area contributed by atoms with Gasteiger partial charge in [-0.15, -0.1) is 0 Å². The number of fused-ring (bicyclic) bond motifs is 1. The van der Waals surface area contributed by atoms with Crippen LogP contribution in [-0.2, 0) is 0 Å². The Morgan fingerprint density at radius 1 is 1.08 bits per heavy atom. The molecular formula is C32H33N7. The topological polar surface area (TPSA) is 95.2 Å². The summed E-state index contributed by atoms with van der Waals surface area (Å²) in [5.41, 5.74) is 8.00. The number of anilines is 1. The number of allylic oxidation sites excluding steroid dienone is 2. The van der Waals surface area contributed by atoms with Gasteiger partial charge in [-0.05, 0) is 54.7 Å². The lowest BCUT2D eigenvalue weighted by Crippen LogP contribution is -2.23. The van der Waals surface area contributed by atoms with Crippen LogP contribution in [0.2, 0.25) is 0 Å². The van der Waals surface area contributed by atoms with Crippen molar-refractivity contribution in [2.75, 3.05) is 5.32 Å². The lowest BCUT2D eigenvalue weighted by atomic mass is 9.91. The van der Waals surface area contributed by atoms with Crippen LogP contribution in [0.1, 0.15) is 39.7 Å². The van der Waals surface area contributed by atoms with Gasteiger partial charge in [-0.2, -0.15) is 5.10 Å². The maximum absolute atomic E-state index is 4.95. The Morgan fingerprint density at radius 3 is 2.67 bits per heavy atom. The summed E-state index contributed by atoms with van der Waals surface area (Å²) < 4.78 is 0. The van der Waals surface area contributed by atoms with Crippen molar-refractivity contribution >= 4 is 34.4 Å². The van der Waals surface area contributed by atoms with E-state index in [2.05, 4.69) is 64.4 Å². The Kier molecular flexibility index (Phi) is 6.98. The molecule has 5 aromatic rings. The molecule has 7 heteroatoms. The number of benzene rings is 1. The van der Waals surface area contributed by atoms with E-state index >= 15 is 0 Å². The zero-order chi connectivity index (χ0) is 27.6. The first kappa shape index (κ1) is 25.9. The monoisotopic (exact) mass is 515 g/mol. The fourth-order valence-electron chi connectivity index (χ4n) is 4.61. The Balaban J connectivity index is 1.52. The molecule has 39 heavy (non-hydrogen) atoms. The third-order valence-electron chi connectivity index (χ3n) is 6.29. The summed E-state index contributed by atoms with van der Waals surface area (Å²) in [5, 5.41) is 12.9. The second-order valence-electron chi connectivity index (χ2n) is 10.8. The fraction of sp³-hybridized carbons (Fsp3) is 0.188. The number of pyridine rings is 2. The minimum atomic E-state index is 0.145. The predicted molar refractivity (Wildman–Crippen MR) is 161 cm³/mol. The van der Waals surface area contributed by atoms with Crippen molar-refractivity contribution in [3.8, 4) is 22.8 Å². The van der Waals surface area contributed by atoms with Gasteiger partial charge in [0.2, 0.25) is 0 Å². The molecule has 0 atom stereocenters. The van der Waals surface area contributed by atoms with Gasteiger partial charge in [-0.25, -0.2) is 4.98 Å². The van der Waals surface area contributed by atoms with E-state index in [-0.39, 0.29) is 5.41 Å². The number of aromatic nitrogens is 6. The van der Waals surface area contributed by atoms with E-state index < -0.39 is 0 Å². The largest absolute Gasteiger partial charge is 0.358 e. The standard InChI is InChI=1S/C32H33N7/c1-7-26-25(15-20(2)22-16-23(19-33-18-22)35-21(3)17-32(4,5)6)30(39-38-26)31-36-28-13-10-11-24(29(28)37-31)27-12-8-9-14-34-27/h7-16,18-19,35,38H,2-3,17H2,1,4-6H3,(H,36,37)/b25-15+,26-7+. The molecule has 196 valence electrons. The molecule has 0 amide bonds. The quantitative estimate of drug-likeness (QED) is 0.245. The number of nitrogens with one attached hydrogen (secondary N) is 3. The highest BCUT2D eigenvalue weighted by Crippen LogP contribution is 2.28. The van der Waals surface area contributed by atoms with Crippen molar-refractivity contribution in [1.29, 1.82) is 0 Å². The van der Waals surface area contributed by atoms with Crippen molar-refractivity contribution in [3.63, 3.8) is 0 Å². The van der Waals surface area contributed by atoms with Crippen LogP contribution in [0.25, 0.3) is 51.5 Å². The number of nitrogens with zero attached hydrogens (tertiary/aromatic N) is 4. The van der Waals surface area contributed by atoms with Gasteiger partial charge in [0, 0.05) is 34.4 Å². The molecule has 0 radical (unpaired) electrons. The number of hydrogen-bond donors (Lipinski definition) is 3. The van der Waals surface area contributed by atoms with Crippen molar-refractivity contribution in [3.05, 3.63) is 96.0 Å². The summed E-state index contributed by atoms with van der Waals surface area (Å²) >= 11 is 0. The van der Waals surface area contributed by atoms with Crippen LogP contribution < -0.4 is 15.9 Å². The Labute approximate surface area is 228 Å². The Morgan fingerprint density at radius 2 is 1.92 bits per heavy atom. The summed E-state index contributed by atoms with van der Waals surface area (Å²) in [7, 11) is 0. The molecule has 0 fully saturated rings. The number of para-hydroxylation sites is 1. The zero-order valence-electron chi connectivity index (χ0n) is 22.8. The molecule has 0 spiro atoms. The molecule has 7 nitrogen and oxygen atoms in total. The first-order valence-electron chi connectivity index (χ1n) is 12.9. The van der Waals surface area contributed by atoms with Crippen LogP contribution in [0.3, 0.4) is 0 Å². The highest BCUT2D eigenvalue weighted by atomic mass is 15.1. The minimum Gasteiger partial charge on any atom is -0.358 e. The van der Waals surface area contributed by atoms with Crippen LogP contribution in [0.4, 0.5) is 5.69 Å². The van der Waals surface area contributed by atoms with Crippen molar-refractivity contribution in [2.45, 2.75) is 34.1 Å². The molecule has 0 unspecified atom stereocenters. The van der Waals surface area contributed by atoms with E-state index in [1.807, 2.05) is 67.7 Å². The number of hydrogen-bond acceptors (Lipinski definition) is 5. The molecule has 0 saturated carbocycles. The van der Waals surface area contributed by atoms with Crippen molar-refractivity contribution in [2.24, 2.45) is 5.41 Å². The van der Waals surface area contributed by atoms with Gasteiger partial charge in [0.15, 0.2) is 5.82 Å². The summed E-state index contributed by atoms with van der Waals surface area (Å²) in [5.74, 6) is 0.670. The van der Waals surface area contributed by atoms with Crippen molar-refractivity contribution in [1.82, 2.24) is 30.1 Å². The molecule has 4 heterocycles. The summed E-state index contributed by atoms with van der Waals surface area (Å²) in [6.45, 7) is 17.1. The molecule has 0 aliphatic carbocycles. The molecule has 0 aliphatic rings.